The van der Waals surface area contributed by atoms with Gasteiger partial charge < -0.3 is 10.2 Å². The van der Waals surface area contributed by atoms with Crippen LogP contribution in [0.4, 0.5) is 0 Å². The fourth-order valence-electron chi connectivity index (χ4n) is 4.27. The zero-order valence-electron chi connectivity index (χ0n) is 18.5. The Kier molecular flexibility index (Phi) is 5.55. The molecule has 0 radical (unpaired) electrons. The largest absolute Gasteiger partial charge is 0.457 e. The van der Waals surface area contributed by atoms with Gasteiger partial charge in [0.25, 0.3) is 0 Å². The van der Waals surface area contributed by atoms with E-state index < -0.39 is 0 Å². The Labute approximate surface area is 192 Å². The lowest BCUT2D eigenvalue weighted by molar-refractivity contribution is -0.140. The van der Waals surface area contributed by atoms with Crippen LogP contribution in [0.3, 0.4) is 0 Å². The molecule has 1 aliphatic heterocycles. The number of carbonyl (C=O) groups excluding carboxylic acids is 1. The lowest BCUT2D eigenvalue weighted by atomic mass is 9.92. The number of esters is 1. The van der Waals surface area contributed by atoms with E-state index in [1.54, 1.807) is 6.92 Å². The molecule has 0 bridgehead atoms. The molecule has 0 atom stereocenters. The van der Waals surface area contributed by atoms with E-state index in [1.165, 1.54) is 5.56 Å². The summed E-state index contributed by atoms with van der Waals surface area (Å²) in [4.78, 5) is 12.1. The van der Waals surface area contributed by atoms with Crippen molar-refractivity contribution in [3.8, 4) is 0 Å². The van der Waals surface area contributed by atoms with Crippen LogP contribution in [-0.4, -0.2) is 11.0 Å². The lowest BCUT2D eigenvalue weighted by Gasteiger charge is -2.21. The van der Waals surface area contributed by atoms with Crippen molar-refractivity contribution in [1.29, 1.82) is 0 Å². The Morgan fingerprint density at radius 1 is 0.848 bits per heavy atom. The molecule has 164 valence electrons. The van der Waals surface area contributed by atoms with E-state index >= 15 is 0 Å². The monoisotopic (exact) mass is 435 g/mol. The molecule has 0 unspecified atom stereocenters. The fourth-order valence-corrected chi connectivity index (χ4v) is 4.27. The number of nitrogens with zero attached hydrogens (tertiary/aromatic N) is 1. The highest BCUT2D eigenvalue weighted by molar-refractivity contribution is 6.06. The maximum atomic E-state index is 12.1. The topological polar surface area (TPSA) is 53.6 Å². The van der Waals surface area contributed by atoms with Gasteiger partial charge in [-0.2, -0.15) is 0 Å². The van der Waals surface area contributed by atoms with Crippen LogP contribution < -0.4 is 11.0 Å². The highest BCUT2D eigenvalue weighted by Gasteiger charge is 2.19. The molecule has 0 saturated heterocycles. The average molecular weight is 436 g/mol. The predicted molar refractivity (Wildman–Crippen MR) is 132 cm³/mol. The summed E-state index contributed by atoms with van der Waals surface area (Å²) in [5, 5.41) is 6.50. The Hall–Kier alpha value is -4.09. The van der Waals surface area contributed by atoms with Crippen LogP contribution >= 0.6 is 0 Å². The zero-order chi connectivity index (χ0) is 22.8. The summed E-state index contributed by atoms with van der Waals surface area (Å²) < 4.78 is 5.56. The van der Waals surface area contributed by atoms with Crippen LogP contribution in [-0.2, 0) is 22.7 Å². The third-order valence-corrected chi connectivity index (χ3v) is 5.88. The van der Waals surface area contributed by atoms with E-state index in [1.807, 2.05) is 42.5 Å². The molecule has 4 aromatic carbocycles. The molecule has 5 heteroatoms. The van der Waals surface area contributed by atoms with Gasteiger partial charge >= 0.3 is 5.97 Å². The second-order valence-electron chi connectivity index (χ2n) is 8.18. The molecule has 0 aliphatic carbocycles. The number of carbonyl (C=O) groups is 1. The molecular formula is C28H25N3O2. The lowest BCUT2D eigenvalue weighted by Crippen LogP contribution is -2.35. The number of benzene rings is 4. The number of hydrogen-bond acceptors (Lipinski definition) is 5. The van der Waals surface area contributed by atoms with Gasteiger partial charge in [-0.1, -0.05) is 85.4 Å². The highest BCUT2D eigenvalue weighted by Crippen LogP contribution is 2.34. The molecule has 0 aromatic heterocycles. The number of nitrogens with one attached hydrogen (secondary N) is 2. The summed E-state index contributed by atoms with van der Waals surface area (Å²) in [7, 11) is 0. The third kappa shape index (κ3) is 4.06. The summed E-state index contributed by atoms with van der Waals surface area (Å²) in [6.45, 7) is 6.22. The van der Waals surface area contributed by atoms with Gasteiger partial charge in [0.1, 0.15) is 6.61 Å². The van der Waals surface area contributed by atoms with E-state index in [2.05, 4.69) is 65.1 Å². The second kappa shape index (κ2) is 8.81. The van der Waals surface area contributed by atoms with Gasteiger partial charge in [-0.05, 0) is 34.0 Å². The van der Waals surface area contributed by atoms with Crippen molar-refractivity contribution >= 4 is 33.2 Å². The SMILES string of the molecule is C=C(C)C(=O)OCc1c2ccccc2c(CN2C=C(c3ccccc3)NN2)c2ccccc12. The fraction of sp³-hybridized carbons (Fsp3) is 0.107. The molecule has 5 nitrogen and oxygen atoms in total. The Morgan fingerprint density at radius 2 is 1.39 bits per heavy atom. The van der Waals surface area contributed by atoms with Crippen molar-refractivity contribution < 1.29 is 9.53 Å². The van der Waals surface area contributed by atoms with Crippen molar-refractivity contribution in [2.75, 3.05) is 0 Å². The number of rotatable bonds is 6. The summed E-state index contributed by atoms with van der Waals surface area (Å²) in [6, 6.07) is 26.8. The first kappa shape index (κ1) is 20.8. The van der Waals surface area contributed by atoms with Crippen molar-refractivity contribution in [2.24, 2.45) is 0 Å². The maximum absolute atomic E-state index is 12.1. The van der Waals surface area contributed by atoms with E-state index in [0.717, 1.165) is 38.4 Å². The summed E-state index contributed by atoms with van der Waals surface area (Å²) in [5.41, 5.74) is 11.3. The van der Waals surface area contributed by atoms with E-state index in [9.17, 15) is 4.79 Å². The quantitative estimate of drug-likeness (QED) is 0.240. The molecule has 5 rings (SSSR count). The minimum Gasteiger partial charge on any atom is -0.457 e. The molecule has 33 heavy (non-hydrogen) atoms. The van der Waals surface area contributed by atoms with Crippen molar-refractivity contribution in [1.82, 2.24) is 16.0 Å². The minimum absolute atomic E-state index is 0.203. The molecule has 2 N–H and O–H groups in total. The second-order valence-corrected chi connectivity index (χ2v) is 8.18. The van der Waals surface area contributed by atoms with Crippen LogP contribution in [0.2, 0.25) is 0 Å². The van der Waals surface area contributed by atoms with E-state index in [4.69, 9.17) is 4.74 Å². The molecule has 0 fully saturated rings. The number of hydrazine groups is 2. The standard InChI is InChI=1S/C28H25N3O2/c1-19(2)28(32)33-18-26-23-14-8-6-12-21(23)25(22-13-7-9-15-24(22)26)16-31-17-27(29-30-31)20-10-4-3-5-11-20/h3-15,17,29-30H,1,16,18H2,2H3. The van der Waals surface area contributed by atoms with E-state index in [0.29, 0.717) is 12.1 Å². The van der Waals surface area contributed by atoms with Crippen molar-refractivity contribution in [2.45, 2.75) is 20.1 Å². The first-order chi connectivity index (χ1) is 16.1. The van der Waals surface area contributed by atoms with Crippen molar-refractivity contribution in [3.05, 3.63) is 114 Å². The first-order valence-corrected chi connectivity index (χ1v) is 10.9. The molecule has 4 aromatic rings. The molecule has 0 amide bonds. The summed E-state index contributed by atoms with van der Waals surface area (Å²) in [5.74, 6) is -0.377. The molecule has 1 aliphatic rings. The molecule has 0 saturated carbocycles. The van der Waals surface area contributed by atoms with Crippen LogP contribution in [0.1, 0.15) is 23.6 Å². The molecule has 1 heterocycles. The summed E-state index contributed by atoms with van der Waals surface area (Å²) >= 11 is 0. The van der Waals surface area contributed by atoms with Gasteiger partial charge in [0.2, 0.25) is 0 Å². The van der Waals surface area contributed by atoms with Gasteiger partial charge in [-0.15, -0.1) is 5.53 Å². The normalized spacial score (nSPS) is 13.1. The zero-order valence-corrected chi connectivity index (χ0v) is 18.5. The van der Waals surface area contributed by atoms with Crippen molar-refractivity contribution in [3.63, 3.8) is 0 Å². The number of fused-ring (bicyclic) bond motifs is 2. The highest BCUT2D eigenvalue weighted by atomic mass is 16.5. The van der Waals surface area contributed by atoms with Gasteiger partial charge in [0.15, 0.2) is 0 Å². The Balaban J connectivity index is 1.57. The third-order valence-electron chi connectivity index (χ3n) is 5.88. The van der Waals surface area contributed by atoms with Crippen LogP contribution in [0.25, 0.3) is 27.2 Å². The first-order valence-electron chi connectivity index (χ1n) is 10.9. The Bertz CT molecular complexity index is 1340. The average Bonchev–Trinajstić information content (AvgIpc) is 3.32. The summed E-state index contributed by atoms with van der Waals surface area (Å²) in [6.07, 6.45) is 2.08. The van der Waals surface area contributed by atoms with Gasteiger partial charge in [0, 0.05) is 22.9 Å². The van der Waals surface area contributed by atoms with Gasteiger partial charge in [-0.3, -0.25) is 5.01 Å². The smallest absolute Gasteiger partial charge is 0.333 e. The van der Waals surface area contributed by atoms with E-state index in [-0.39, 0.29) is 12.6 Å². The Morgan fingerprint density at radius 3 is 1.97 bits per heavy atom. The molecular weight excluding hydrogens is 410 g/mol. The predicted octanol–water partition coefficient (Wildman–Crippen LogP) is 5.44. The molecule has 0 spiro atoms. The van der Waals surface area contributed by atoms with Crippen LogP contribution in [0, 0.1) is 0 Å². The number of hydrogen-bond donors (Lipinski definition) is 2. The minimum atomic E-state index is -0.377. The number of ether oxygens (including phenoxy) is 1. The van der Waals surface area contributed by atoms with Crippen LogP contribution in [0.15, 0.2) is 97.2 Å². The van der Waals surface area contributed by atoms with Gasteiger partial charge in [-0.25, -0.2) is 4.79 Å². The van der Waals surface area contributed by atoms with Gasteiger partial charge in [0.05, 0.1) is 12.2 Å². The van der Waals surface area contributed by atoms with Crippen LogP contribution in [0.5, 0.6) is 0 Å². The maximum Gasteiger partial charge on any atom is 0.333 e.